The molecule has 0 N–H and O–H groups in total. The summed E-state index contributed by atoms with van der Waals surface area (Å²) >= 11 is 0. The molecule has 0 unspecified atom stereocenters. The molecule has 1 amide bonds. The molecule has 0 spiro atoms. The molecule has 1 saturated heterocycles. The van der Waals surface area contributed by atoms with Gasteiger partial charge in [0.1, 0.15) is 5.58 Å². The summed E-state index contributed by atoms with van der Waals surface area (Å²) in [4.78, 5) is 37.9. The summed E-state index contributed by atoms with van der Waals surface area (Å²) in [6.07, 6.45) is 2.71. The number of rotatable bonds is 5. The van der Waals surface area contributed by atoms with E-state index < -0.39 is 5.97 Å². The van der Waals surface area contributed by atoms with Crippen molar-refractivity contribution in [1.29, 1.82) is 0 Å². The van der Waals surface area contributed by atoms with Crippen molar-refractivity contribution in [2.75, 3.05) is 26.8 Å². The van der Waals surface area contributed by atoms with E-state index in [9.17, 15) is 14.4 Å². The van der Waals surface area contributed by atoms with Crippen LogP contribution in [0.4, 0.5) is 0 Å². The van der Waals surface area contributed by atoms with Crippen LogP contribution in [0, 0.1) is 5.92 Å². The van der Waals surface area contributed by atoms with Gasteiger partial charge in [-0.2, -0.15) is 0 Å². The molecule has 30 heavy (non-hydrogen) atoms. The first-order chi connectivity index (χ1) is 14.6. The third kappa shape index (κ3) is 4.01. The van der Waals surface area contributed by atoms with E-state index in [0.29, 0.717) is 31.5 Å². The van der Waals surface area contributed by atoms with Crippen molar-refractivity contribution in [2.45, 2.75) is 19.3 Å². The molecule has 0 atom stereocenters. The second-order valence-electron chi connectivity index (χ2n) is 7.44. The molecule has 0 saturated carbocycles. The van der Waals surface area contributed by atoms with E-state index in [-0.39, 0.29) is 30.8 Å². The molecule has 2 aromatic carbocycles. The van der Waals surface area contributed by atoms with Crippen molar-refractivity contribution in [3.05, 3.63) is 48.2 Å². The number of furan rings is 1. The summed E-state index contributed by atoms with van der Waals surface area (Å²) in [7, 11) is 1.37. The lowest BCUT2D eigenvalue weighted by molar-refractivity contribution is -0.153. The fraction of sp³-hybridized carbons (Fsp3) is 0.348. The predicted molar refractivity (Wildman–Crippen MR) is 110 cm³/mol. The van der Waals surface area contributed by atoms with Crippen LogP contribution in [0.25, 0.3) is 21.7 Å². The lowest BCUT2D eigenvalue weighted by Gasteiger charge is -2.30. The predicted octanol–water partition coefficient (Wildman–Crippen LogP) is 3.08. The molecule has 2 heterocycles. The van der Waals surface area contributed by atoms with Crippen molar-refractivity contribution in [3.63, 3.8) is 0 Å². The Morgan fingerprint density at radius 1 is 1.10 bits per heavy atom. The Balaban J connectivity index is 1.35. The molecular weight excluding hydrogens is 386 g/mol. The van der Waals surface area contributed by atoms with E-state index in [1.54, 1.807) is 11.2 Å². The summed E-state index contributed by atoms with van der Waals surface area (Å²) < 4.78 is 15.6. The van der Waals surface area contributed by atoms with Gasteiger partial charge in [-0.05, 0) is 29.7 Å². The number of piperidine rings is 1. The van der Waals surface area contributed by atoms with Crippen molar-refractivity contribution in [1.82, 2.24) is 4.90 Å². The minimum Gasteiger partial charge on any atom is -0.469 e. The van der Waals surface area contributed by atoms with Crippen molar-refractivity contribution in [2.24, 2.45) is 5.92 Å². The molecular formula is C23H23NO6. The molecule has 7 heteroatoms. The highest BCUT2D eigenvalue weighted by atomic mass is 16.5. The second-order valence-corrected chi connectivity index (χ2v) is 7.44. The highest BCUT2D eigenvalue weighted by Crippen LogP contribution is 2.30. The number of hydrogen-bond acceptors (Lipinski definition) is 6. The summed E-state index contributed by atoms with van der Waals surface area (Å²) in [5, 5.41) is 2.96. The van der Waals surface area contributed by atoms with Gasteiger partial charge in [-0.3, -0.25) is 14.4 Å². The number of nitrogens with zero attached hydrogens (tertiary/aromatic N) is 1. The van der Waals surface area contributed by atoms with E-state index in [1.807, 2.05) is 36.4 Å². The minimum absolute atomic E-state index is 0.0265. The number of hydrogen-bond donors (Lipinski definition) is 0. The fourth-order valence-corrected chi connectivity index (χ4v) is 3.98. The topological polar surface area (TPSA) is 86.0 Å². The monoisotopic (exact) mass is 409 g/mol. The highest BCUT2D eigenvalue weighted by molar-refractivity contribution is 6.08. The molecule has 3 aromatic rings. The Morgan fingerprint density at radius 3 is 2.63 bits per heavy atom. The largest absolute Gasteiger partial charge is 0.469 e. The average molecular weight is 409 g/mol. The summed E-state index contributed by atoms with van der Waals surface area (Å²) in [6, 6.07) is 11.8. The van der Waals surface area contributed by atoms with Crippen molar-refractivity contribution >= 4 is 39.6 Å². The fourth-order valence-electron chi connectivity index (χ4n) is 3.98. The van der Waals surface area contributed by atoms with Gasteiger partial charge in [-0.25, -0.2) is 0 Å². The first kappa shape index (κ1) is 19.9. The average Bonchev–Trinajstić information content (AvgIpc) is 3.20. The number of ether oxygens (including phenoxy) is 2. The molecule has 7 nitrogen and oxygen atoms in total. The molecule has 0 bridgehead atoms. The lowest BCUT2D eigenvalue weighted by Crippen LogP contribution is -2.42. The van der Waals surface area contributed by atoms with Gasteiger partial charge < -0.3 is 18.8 Å². The molecule has 0 radical (unpaired) electrons. The molecule has 1 fully saturated rings. The number of carbonyl (C=O) groups is 3. The summed E-state index contributed by atoms with van der Waals surface area (Å²) in [5.74, 6) is -1.16. The molecule has 1 aliphatic heterocycles. The third-order valence-corrected chi connectivity index (χ3v) is 5.61. The first-order valence-corrected chi connectivity index (χ1v) is 9.96. The van der Waals surface area contributed by atoms with Gasteiger partial charge in [0.25, 0.3) is 5.91 Å². The number of fused-ring (bicyclic) bond motifs is 3. The minimum atomic E-state index is -0.483. The third-order valence-electron chi connectivity index (χ3n) is 5.61. The summed E-state index contributed by atoms with van der Waals surface area (Å²) in [5.41, 5.74) is 1.44. The number of esters is 2. The Hall–Kier alpha value is -3.35. The van der Waals surface area contributed by atoms with Crippen LogP contribution in [-0.2, 0) is 30.3 Å². The number of methoxy groups -OCH3 is 1. The maximum Gasteiger partial charge on any atom is 0.310 e. The standard InChI is InChI=1S/C23H23NO6/c1-28-23(27)16-8-10-24(11-9-16)20(25)14-30-21(26)12-17-13-29-19-7-6-15-4-2-3-5-18(15)22(17)19/h2-7,13,16H,8-12,14H2,1H3. The Kier molecular flexibility index (Phi) is 5.70. The van der Waals surface area contributed by atoms with E-state index in [0.717, 1.165) is 21.7 Å². The quantitative estimate of drug-likeness (QED) is 0.602. The Labute approximate surface area is 173 Å². The van der Waals surface area contributed by atoms with E-state index in [2.05, 4.69) is 0 Å². The van der Waals surface area contributed by atoms with Crippen LogP contribution in [0.2, 0.25) is 0 Å². The number of amides is 1. The van der Waals surface area contributed by atoms with E-state index in [1.165, 1.54) is 7.11 Å². The number of likely N-dealkylation sites (tertiary alicyclic amines) is 1. The molecule has 0 aliphatic carbocycles. The van der Waals surface area contributed by atoms with Gasteiger partial charge in [0, 0.05) is 24.0 Å². The van der Waals surface area contributed by atoms with Gasteiger partial charge >= 0.3 is 11.9 Å². The second kappa shape index (κ2) is 8.57. The normalized spacial score (nSPS) is 14.8. The zero-order valence-corrected chi connectivity index (χ0v) is 16.8. The van der Waals surface area contributed by atoms with E-state index >= 15 is 0 Å². The Morgan fingerprint density at radius 2 is 1.87 bits per heavy atom. The van der Waals surface area contributed by atoms with Crippen LogP contribution in [0.3, 0.4) is 0 Å². The molecule has 156 valence electrons. The SMILES string of the molecule is COC(=O)C1CCN(C(=O)COC(=O)Cc2coc3ccc4ccccc4c23)CC1. The van der Waals surface area contributed by atoms with Crippen molar-refractivity contribution < 1.29 is 28.3 Å². The van der Waals surface area contributed by atoms with Crippen LogP contribution in [-0.4, -0.2) is 49.6 Å². The maximum atomic E-state index is 12.4. The van der Waals surface area contributed by atoms with E-state index in [4.69, 9.17) is 13.9 Å². The van der Waals surface area contributed by atoms with Crippen LogP contribution < -0.4 is 0 Å². The number of benzene rings is 2. The van der Waals surface area contributed by atoms with Crippen LogP contribution >= 0.6 is 0 Å². The first-order valence-electron chi connectivity index (χ1n) is 9.96. The highest BCUT2D eigenvalue weighted by Gasteiger charge is 2.28. The zero-order chi connectivity index (χ0) is 21.1. The van der Waals surface area contributed by atoms with Crippen LogP contribution in [0.1, 0.15) is 18.4 Å². The van der Waals surface area contributed by atoms with Gasteiger partial charge in [-0.15, -0.1) is 0 Å². The molecule has 1 aliphatic rings. The van der Waals surface area contributed by atoms with Gasteiger partial charge in [0.15, 0.2) is 6.61 Å². The van der Waals surface area contributed by atoms with Crippen LogP contribution in [0.15, 0.2) is 47.1 Å². The van der Waals surface area contributed by atoms with Gasteiger partial charge in [0.05, 0.1) is 25.7 Å². The maximum absolute atomic E-state index is 12.4. The molecule has 4 rings (SSSR count). The number of carbonyl (C=O) groups excluding carboxylic acids is 3. The smallest absolute Gasteiger partial charge is 0.310 e. The zero-order valence-electron chi connectivity index (χ0n) is 16.8. The summed E-state index contributed by atoms with van der Waals surface area (Å²) in [6.45, 7) is 0.598. The van der Waals surface area contributed by atoms with Gasteiger partial charge in [-0.1, -0.05) is 30.3 Å². The molecule has 1 aromatic heterocycles. The lowest BCUT2D eigenvalue weighted by atomic mass is 9.97. The Bertz CT molecular complexity index is 1090. The van der Waals surface area contributed by atoms with Crippen LogP contribution in [0.5, 0.6) is 0 Å². The van der Waals surface area contributed by atoms with Gasteiger partial charge in [0.2, 0.25) is 0 Å². The van der Waals surface area contributed by atoms with Crippen molar-refractivity contribution in [3.8, 4) is 0 Å².